The molecule has 1 amide bonds. The summed E-state index contributed by atoms with van der Waals surface area (Å²) < 4.78 is 27.4. The summed E-state index contributed by atoms with van der Waals surface area (Å²) in [5.74, 6) is 0.599. The van der Waals surface area contributed by atoms with Gasteiger partial charge in [0.1, 0.15) is 0 Å². The zero-order valence-electron chi connectivity index (χ0n) is 13.2. The minimum atomic E-state index is -3.69. The molecule has 0 fully saturated rings. The molecule has 1 heterocycles. The predicted molar refractivity (Wildman–Crippen MR) is 97.1 cm³/mol. The Labute approximate surface area is 146 Å². The van der Waals surface area contributed by atoms with E-state index < -0.39 is 10.0 Å². The van der Waals surface area contributed by atoms with Crippen LogP contribution in [0.25, 0.3) is 0 Å². The average Bonchev–Trinajstić information content (AvgIpc) is 2.76. The molecule has 0 saturated heterocycles. The molecular formula is C17H18N2O3S2. The van der Waals surface area contributed by atoms with Gasteiger partial charge in [-0.05, 0) is 37.3 Å². The van der Waals surface area contributed by atoms with Crippen LogP contribution in [-0.2, 0) is 14.8 Å². The van der Waals surface area contributed by atoms with E-state index in [2.05, 4.69) is 5.32 Å². The molecule has 0 spiro atoms. The summed E-state index contributed by atoms with van der Waals surface area (Å²) in [7, 11) is -3.69. The maximum absolute atomic E-state index is 13.0. The smallest absolute Gasteiger partial charge is 0.264 e. The molecule has 0 atom stereocenters. The van der Waals surface area contributed by atoms with E-state index in [0.29, 0.717) is 30.1 Å². The van der Waals surface area contributed by atoms with Crippen molar-refractivity contribution in [3.63, 3.8) is 0 Å². The molecule has 0 bridgehead atoms. The van der Waals surface area contributed by atoms with Crippen molar-refractivity contribution in [2.24, 2.45) is 0 Å². The van der Waals surface area contributed by atoms with E-state index in [1.165, 1.54) is 4.31 Å². The van der Waals surface area contributed by atoms with Gasteiger partial charge in [0, 0.05) is 23.6 Å². The van der Waals surface area contributed by atoms with Crippen LogP contribution in [0.2, 0.25) is 0 Å². The molecule has 0 radical (unpaired) electrons. The van der Waals surface area contributed by atoms with Gasteiger partial charge in [0.25, 0.3) is 10.0 Å². The third-order valence-corrected chi connectivity index (χ3v) is 6.71. The average molecular weight is 362 g/mol. The Hall–Kier alpha value is -1.99. The van der Waals surface area contributed by atoms with Crippen LogP contribution in [0.3, 0.4) is 0 Å². The van der Waals surface area contributed by atoms with Crippen molar-refractivity contribution >= 4 is 39.1 Å². The van der Waals surface area contributed by atoms with Crippen LogP contribution in [0.1, 0.15) is 13.3 Å². The first-order valence-electron chi connectivity index (χ1n) is 7.67. The zero-order chi connectivity index (χ0) is 17.2. The van der Waals surface area contributed by atoms with E-state index in [9.17, 15) is 13.2 Å². The summed E-state index contributed by atoms with van der Waals surface area (Å²) in [4.78, 5) is 12.8. The normalized spacial score (nSPS) is 14.5. The minimum Gasteiger partial charge on any atom is -0.325 e. The molecular weight excluding hydrogens is 344 g/mol. The molecule has 7 heteroatoms. The van der Waals surface area contributed by atoms with Crippen molar-refractivity contribution < 1.29 is 13.2 Å². The fourth-order valence-corrected chi connectivity index (χ4v) is 5.01. The number of anilines is 2. The number of benzene rings is 2. The fourth-order valence-electron chi connectivity index (χ4n) is 2.57. The van der Waals surface area contributed by atoms with E-state index in [4.69, 9.17) is 0 Å². The van der Waals surface area contributed by atoms with Crippen molar-refractivity contribution in [3.05, 3.63) is 48.5 Å². The summed E-state index contributed by atoms with van der Waals surface area (Å²) >= 11 is 1.55. The van der Waals surface area contributed by atoms with Gasteiger partial charge in [-0.2, -0.15) is 0 Å². The van der Waals surface area contributed by atoms with Crippen LogP contribution < -0.4 is 9.62 Å². The Morgan fingerprint density at radius 1 is 1.17 bits per heavy atom. The van der Waals surface area contributed by atoms with Gasteiger partial charge in [0.2, 0.25) is 5.91 Å². The van der Waals surface area contributed by atoms with Gasteiger partial charge >= 0.3 is 0 Å². The maximum Gasteiger partial charge on any atom is 0.264 e. The van der Waals surface area contributed by atoms with E-state index in [1.807, 2.05) is 6.07 Å². The largest absolute Gasteiger partial charge is 0.325 e. The topological polar surface area (TPSA) is 66.5 Å². The standard InChI is InChI=1S/C17H18N2O3S2/c1-2-19(13-6-4-3-5-7-13)24(21,22)14-8-9-16-15(12-14)18-17(20)10-11-23-16/h3-9,12H,2,10-11H2,1H3,(H,18,20). The third kappa shape index (κ3) is 3.27. The Bertz CT molecular complexity index is 851. The molecule has 5 nitrogen and oxygen atoms in total. The first-order chi connectivity index (χ1) is 11.5. The van der Waals surface area contributed by atoms with Crippen molar-refractivity contribution in [1.29, 1.82) is 0 Å². The summed E-state index contributed by atoms with van der Waals surface area (Å²) in [6.45, 7) is 2.12. The zero-order valence-corrected chi connectivity index (χ0v) is 14.9. The summed E-state index contributed by atoms with van der Waals surface area (Å²) in [5.41, 5.74) is 1.18. The highest BCUT2D eigenvalue weighted by molar-refractivity contribution is 7.99. The predicted octanol–water partition coefficient (Wildman–Crippen LogP) is 3.34. The second kappa shape index (κ2) is 6.86. The van der Waals surface area contributed by atoms with Crippen molar-refractivity contribution in [2.75, 3.05) is 21.9 Å². The number of rotatable bonds is 4. The number of sulfonamides is 1. The molecule has 0 aromatic heterocycles. The number of hydrogen-bond acceptors (Lipinski definition) is 4. The number of para-hydroxylation sites is 1. The Kier molecular flexibility index (Phi) is 4.82. The monoisotopic (exact) mass is 362 g/mol. The second-order valence-electron chi connectivity index (χ2n) is 5.31. The number of carbonyl (C=O) groups excluding carboxylic acids is 1. The van der Waals surface area contributed by atoms with Crippen LogP contribution in [0.4, 0.5) is 11.4 Å². The van der Waals surface area contributed by atoms with Gasteiger partial charge in [0.05, 0.1) is 16.3 Å². The number of amides is 1. The highest BCUT2D eigenvalue weighted by Gasteiger charge is 2.25. The van der Waals surface area contributed by atoms with Crippen LogP contribution in [-0.4, -0.2) is 26.6 Å². The molecule has 3 rings (SSSR count). The molecule has 0 saturated carbocycles. The van der Waals surface area contributed by atoms with Gasteiger partial charge in [0.15, 0.2) is 0 Å². The van der Waals surface area contributed by atoms with Crippen LogP contribution in [0.5, 0.6) is 0 Å². The molecule has 0 unspecified atom stereocenters. The van der Waals surface area contributed by atoms with Crippen molar-refractivity contribution in [1.82, 2.24) is 0 Å². The number of nitrogens with one attached hydrogen (secondary N) is 1. The number of nitrogens with zero attached hydrogens (tertiary/aromatic N) is 1. The van der Waals surface area contributed by atoms with Gasteiger partial charge in [-0.1, -0.05) is 18.2 Å². The first kappa shape index (κ1) is 16.9. The molecule has 0 aliphatic carbocycles. The number of fused-ring (bicyclic) bond motifs is 1. The van der Waals surface area contributed by atoms with Crippen molar-refractivity contribution in [2.45, 2.75) is 23.1 Å². The van der Waals surface area contributed by atoms with E-state index in [0.717, 1.165) is 4.90 Å². The second-order valence-corrected chi connectivity index (χ2v) is 8.31. The van der Waals surface area contributed by atoms with Gasteiger partial charge in [-0.25, -0.2) is 8.42 Å². The Morgan fingerprint density at radius 2 is 1.92 bits per heavy atom. The summed E-state index contributed by atoms with van der Waals surface area (Å²) in [6.07, 6.45) is 0.423. The summed E-state index contributed by atoms with van der Waals surface area (Å²) in [6, 6.07) is 13.9. The lowest BCUT2D eigenvalue weighted by molar-refractivity contribution is -0.115. The molecule has 2 aromatic carbocycles. The van der Waals surface area contributed by atoms with Crippen LogP contribution in [0.15, 0.2) is 58.3 Å². The van der Waals surface area contributed by atoms with E-state index in [-0.39, 0.29) is 10.8 Å². The van der Waals surface area contributed by atoms with Gasteiger partial charge < -0.3 is 5.32 Å². The number of thioether (sulfide) groups is 1. The van der Waals surface area contributed by atoms with Crippen LogP contribution in [0, 0.1) is 0 Å². The molecule has 2 aromatic rings. The van der Waals surface area contributed by atoms with Gasteiger partial charge in [-0.15, -0.1) is 11.8 Å². The number of hydrogen-bond donors (Lipinski definition) is 1. The Balaban J connectivity index is 2.02. The number of carbonyl (C=O) groups is 1. The van der Waals surface area contributed by atoms with Gasteiger partial charge in [-0.3, -0.25) is 9.10 Å². The maximum atomic E-state index is 13.0. The molecule has 1 N–H and O–H groups in total. The molecule has 1 aliphatic rings. The fraction of sp³-hybridized carbons (Fsp3) is 0.235. The highest BCUT2D eigenvalue weighted by atomic mass is 32.2. The lowest BCUT2D eigenvalue weighted by Crippen LogP contribution is -2.30. The lowest BCUT2D eigenvalue weighted by atomic mass is 10.3. The first-order valence-corrected chi connectivity index (χ1v) is 10.1. The molecule has 24 heavy (non-hydrogen) atoms. The SMILES string of the molecule is CCN(c1ccccc1)S(=O)(=O)c1ccc2c(c1)NC(=O)CCS2. The van der Waals surface area contributed by atoms with Crippen molar-refractivity contribution in [3.8, 4) is 0 Å². The lowest BCUT2D eigenvalue weighted by Gasteiger charge is -2.23. The molecule has 126 valence electrons. The Morgan fingerprint density at radius 3 is 2.62 bits per heavy atom. The summed E-state index contributed by atoms with van der Waals surface area (Å²) in [5, 5.41) is 2.79. The van der Waals surface area contributed by atoms with E-state index >= 15 is 0 Å². The van der Waals surface area contributed by atoms with E-state index in [1.54, 1.807) is 61.2 Å². The third-order valence-electron chi connectivity index (χ3n) is 3.73. The quantitative estimate of drug-likeness (QED) is 0.906. The van der Waals surface area contributed by atoms with Crippen LogP contribution >= 0.6 is 11.8 Å². The minimum absolute atomic E-state index is 0.0915. The highest BCUT2D eigenvalue weighted by Crippen LogP contribution is 2.34. The molecule has 1 aliphatic heterocycles.